The predicted molar refractivity (Wildman–Crippen MR) is 70.1 cm³/mol. The van der Waals surface area contributed by atoms with Gasteiger partial charge >= 0.3 is 0 Å². The lowest BCUT2D eigenvalue weighted by molar-refractivity contribution is 0.0537. The molecule has 0 fully saturated rings. The van der Waals surface area contributed by atoms with E-state index < -0.39 is 12.7 Å². The molecule has 0 saturated heterocycles. The Labute approximate surface area is 123 Å². The fourth-order valence-electron chi connectivity index (χ4n) is 0.944. The molecular weight excluding hydrogens is 333 g/mol. The molecule has 96 valence electrons. The van der Waals surface area contributed by atoms with Crippen LogP contribution in [0.25, 0.3) is 0 Å². The number of halogens is 5. The summed E-state index contributed by atoms with van der Waals surface area (Å²) in [4.78, 5) is 0. The van der Waals surface area contributed by atoms with Gasteiger partial charge in [-0.3, -0.25) is 0 Å². The zero-order valence-corrected chi connectivity index (χ0v) is 12.0. The van der Waals surface area contributed by atoms with E-state index in [0.29, 0.717) is 0 Å². The molecule has 1 aromatic carbocycles. The van der Waals surface area contributed by atoms with E-state index in [-0.39, 0.29) is 37.5 Å². The molecule has 0 aliphatic heterocycles. The maximum atomic E-state index is 9.14. The van der Waals surface area contributed by atoms with Crippen LogP contribution in [-0.4, -0.2) is 29.5 Å². The smallest absolute Gasteiger partial charge is 0.159 e. The van der Waals surface area contributed by atoms with Crippen molar-refractivity contribution in [3.63, 3.8) is 0 Å². The fourth-order valence-corrected chi connectivity index (χ4v) is 2.17. The predicted octanol–water partition coefficient (Wildman–Crippen LogP) is 3.69. The second-order valence-corrected chi connectivity index (χ2v) is 4.94. The van der Waals surface area contributed by atoms with Crippen LogP contribution >= 0.6 is 58.0 Å². The lowest BCUT2D eigenvalue weighted by atomic mass is 10.3. The van der Waals surface area contributed by atoms with Gasteiger partial charge in [-0.2, -0.15) is 0 Å². The first kappa shape index (κ1) is 15.4. The van der Waals surface area contributed by atoms with E-state index in [9.17, 15) is 0 Å². The molecule has 0 amide bonds. The molecule has 0 saturated carbocycles. The lowest BCUT2D eigenvalue weighted by Gasteiger charge is -2.15. The van der Waals surface area contributed by atoms with Crippen molar-refractivity contribution in [1.29, 1.82) is 0 Å². The zero-order valence-electron chi connectivity index (χ0n) is 8.18. The molecule has 1 aromatic rings. The second-order valence-electron chi connectivity index (χ2n) is 3.05. The van der Waals surface area contributed by atoms with Gasteiger partial charge in [0.2, 0.25) is 0 Å². The Morgan fingerprint density at radius 1 is 0.882 bits per heavy atom. The maximum absolute atomic E-state index is 9.14. The third kappa shape index (κ3) is 3.44. The standard InChI is InChI=1S/C9H7Cl5O3/c10-4-5(11)7(13)9(8(14)6(4)12)17-2-3(16)1-15/h3,15-16H,1-2H2/t3-/m1/s1. The van der Waals surface area contributed by atoms with Crippen LogP contribution in [0.2, 0.25) is 25.1 Å². The number of aliphatic hydroxyl groups excluding tert-OH is 2. The van der Waals surface area contributed by atoms with Crippen LogP contribution in [0.3, 0.4) is 0 Å². The molecule has 17 heavy (non-hydrogen) atoms. The minimum absolute atomic E-state index is 0.00351. The lowest BCUT2D eigenvalue weighted by Crippen LogP contribution is -2.21. The van der Waals surface area contributed by atoms with Gasteiger partial charge in [-0.1, -0.05) is 58.0 Å². The van der Waals surface area contributed by atoms with E-state index in [1.807, 2.05) is 0 Å². The Kier molecular flexibility index (Phi) is 5.93. The van der Waals surface area contributed by atoms with Gasteiger partial charge in [0, 0.05) is 0 Å². The van der Waals surface area contributed by atoms with Crippen molar-refractivity contribution in [3.8, 4) is 5.75 Å². The largest absolute Gasteiger partial charge is 0.488 e. The summed E-state index contributed by atoms with van der Waals surface area (Å²) in [7, 11) is 0. The SMILES string of the molecule is OC[C@@H](O)COc1c(Cl)c(Cl)c(Cl)c(Cl)c1Cl. The average Bonchev–Trinajstić information content (AvgIpc) is 2.33. The second kappa shape index (κ2) is 6.53. The molecule has 0 aliphatic carbocycles. The molecule has 0 spiro atoms. The topological polar surface area (TPSA) is 49.7 Å². The molecule has 8 heteroatoms. The fraction of sp³-hybridized carbons (Fsp3) is 0.333. The summed E-state index contributed by atoms with van der Waals surface area (Å²) in [5, 5.41) is 17.8. The number of benzene rings is 1. The molecule has 1 rings (SSSR count). The summed E-state index contributed by atoms with van der Waals surface area (Å²) in [6, 6.07) is 0. The van der Waals surface area contributed by atoms with E-state index in [2.05, 4.69) is 0 Å². The van der Waals surface area contributed by atoms with Gasteiger partial charge in [0.25, 0.3) is 0 Å². The van der Waals surface area contributed by atoms with Crippen molar-refractivity contribution in [2.24, 2.45) is 0 Å². The van der Waals surface area contributed by atoms with Crippen LogP contribution in [0, 0.1) is 0 Å². The first-order valence-electron chi connectivity index (χ1n) is 4.33. The minimum atomic E-state index is -1.06. The average molecular weight is 340 g/mol. The number of hydrogen-bond acceptors (Lipinski definition) is 3. The van der Waals surface area contributed by atoms with Gasteiger partial charge in [-0.15, -0.1) is 0 Å². The number of rotatable bonds is 4. The highest BCUT2D eigenvalue weighted by Gasteiger charge is 2.21. The monoisotopic (exact) mass is 338 g/mol. The van der Waals surface area contributed by atoms with Crippen molar-refractivity contribution in [3.05, 3.63) is 25.1 Å². The van der Waals surface area contributed by atoms with Crippen molar-refractivity contribution >= 4 is 58.0 Å². The van der Waals surface area contributed by atoms with Crippen LogP contribution in [0.1, 0.15) is 0 Å². The third-order valence-electron chi connectivity index (χ3n) is 1.80. The molecular formula is C9H7Cl5O3. The van der Waals surface area contributed by atoms with Gasteiger partial charge in [0.1, 0.15) is 22.8 Å². The number of aliphatic hydroxyl groups is 2. The molecule has 0 heterocycles. The molecule has 0 aromatic heterocycles. The van der Waals surface area contributed by atoms with Crippen LogP contribution in [0.5, 0.6) is 5.75 Å². The quantitative estimate of drug-likeness (QED) is 0.649. The Hall–Kier alpha value is 0.390. The third-order valence-corrected chi connectivity index (χ3v) is 4.04. The van der Waals surface area contributed by atoms with Gasteiger partial charge in [-0.05, 0) is 0 Å². The highest BCUT2D eigenvalue weighted by Crippen LogP contribution is 2.48. The minimum Gasteiger partial charge on any atom is -0.488 e. The molecule has 0 bridgehead atoms. The Balaban J connectivity index is 3.07. The summed E-state index contributed by atoms with van der Waals surface area (Å²) >= 11 is 29.1. The van der Waals surface area contributed by atoms with Crippen molar-refractivity contribution in [1.82, 2.24) is 0 Å². The highest BCUT2D eigenvalue weighted by molar-refractivity contribution is 6.55. The van der Waals surface area contributed by atoms with Crippen molar-refractivity contribution < 1.29 is 14.9 Å². The first-order chi connectivity index (χ1) is 7.90. The van der Waals surface area contributed by atoms with Gasteiger partial charge in [0.05, 0.1) is 21.7 Å². The zero-order chi connectivity index (χ0) is 13.2. The van der Waals surface area contributed by atoms with E-state index >= 15 is 0 Å². The Morgan fingerprint density at radius 2 is 1.29 bits per heavy atom. The molecule has 0 unspecified atom stereocenters. The number of hydrogen-bond donors (Lipinski definition) is 2. The summed E-state index contributed by atoms with van der Waals surface area (Å²) < 4.78 is 5.14. The van der Waals surface area contributed by atoms with Crippen LogP contribution in [-0.2, 0) is 0 Å². The van der Waals surface area contributed by atoms with E-state index in [0.717, 1.165) is 0 Å². The molecule has 3 nitrogen and oxygen atoms in total. The van der Waals surface area contributed by atoms with Crippen molar-refractivity contribution in [2.45, 2.75) is 6.10 Å². The van der Waals surface area contributed by atoms with Crippen LogP contribution in [0.15, 0.2) is 0 Å². The normalized spacial score (nSPS) is 12.6. The molecule has 1 atom stereocenters. The van der Waals surface area contributed by atoms with Gasteiger partial charge in [0.15, 0.2) is 5.75 Å². The Morgan fingerprint density at radius 3 is 1.71 bits per heavy atom. The van der Waals surface area contributed by atoms with Gasteiger partial charge in [-0.25, -0.2) is 0 Å². The summed E-state index contributed by atoms with van der Waals surface area (Å²) in [6.07, 6.45) is -1.06. The molecule has 0 radical (unpaired) electrons. The van der Waals surface area contributed by atoms with Crippen molar-refractivity contribution in [2.75, 3.05) is 13.2 Å². The number of ether oxygens (including phenoxy) is 1. The van der Waals surface area contributed by atoms with Gasteiger partial charge < -0.3 is 14.9 Å². The Bertz CT molecular complexity index is 395. The first-order valence-corrected chi connectivity index (χ1v) is 6.22. The molecule has 2 N–H and O–H groups in total. The highest BCUT2D eigenvalue weighted by atomic mass is 35.5. The summed E-state index contributed by atoms with van der Waals surface area (Å²) in [5.41, 5.74) is 0. The van der Waals surface area contributed by atoms with E-state index in [4.69, 9.17) is 73.0 Å². The van der Waals surface area contributed by atoms with Crippen LogP contribution < -0.4 is 4.74 Å². The van der Waals surface area contributed by atoms with E-state index in [1.165, 1.54) is 0 Å². The summed E-state index contributed by atoms with van der Waals surface area (Å²) in [5.74, 6) is 0.0141. The van der Waals surface area contributed by atoms with Crippen LogP contribution in [0.4, 0.5) is 0 Å². The maximum Gasteiger partial charge on any atom is 0.159 e. The molecule has 0 aliphatic rings. The van der Waals surface area contributed by atoms with E-state index in [1.54, 1.807) is 0 Å². The summed E-state index contributed by atoms with van der Waals surface area (Å²) in [6.45, 7) is -0.658.